The Kier molecular flexibility index (Phi) is 3.78. The van der Waals surface area contributed by atoms with Crippen molar-refractivity contribution in [1.82, 2.24) is 10.3 Å². The first-order chi connectivity index (χ1) is 9.35. The summed E-state index contributed by atoms with van der Waals surface area (Å²) < 4.78 is 5.11. The summed E-state index contributed by atoms with van der Waals surface area (Å²) in [6.45, 7) is 5.45. The van der Waals surface area contributed by atoms with Crippen LogP contribution in [-0.2, 0) is 9.53 Å². The molecule has 2 rings (SSSR count). The zero-order chi connectivity index (χ0) is 14.8. The van der Waals surface area contributed by atoms with Crippen molar-refractivity contribution in [1.29, 1.82) is 0 Å². The van der Waals surface area contributed by atoms with Crippen LogP contribution in [-0.4, -0.2) is 35.2 Å². The van der Waals surface area contributed by atoms with Crippen LogP contribution >= 0.6 is 0 Å². The van der Waals surface area contributed by atoms with Crippen LogP contribution in [0.25, 0.3) is 0 Å². The van der Waals surface area contributed by atoms with Gasteiger partial charge >= 0.3 is 6.09 Å². The SMILES string of the molecule is CC(C)(C)OC(=O)NC[C@@H]1Nc2ncccc2NC1=O. The lowest BCUT2D eigenvalue weighted by Gasteiger charge is -2.26. The second kappa shape index (κ2) is 5.36. The van der Waals surface area contributed by atoms with E-state index in [4.69, 9.17) is 4.74 Å². The lowest BCUT2D eigenvalue weighted by Crippen LogP contribution is -2.47. The van der Waals surface area contributed by atoms with Crippen LogP contribution < -0.4 is 16.0 Å². The van der Waals surface area contributed by atoms with Crippen molar-refractivity contribution in [3.8, 4) is 0 Å². The molecule has 1 aromatic heterocycles. The van der Waals surface area contributed by atoms with E-state index in [9.17, 15) is 9.59 Å². The summed E-state index contributed by atoms with van der Waals surface area (Å²) in [5, 5.41) is 8.26. The Morgan fingerprint density at radius 3 is 2.95 bits per heavy atom. The van der Waals surface area contributed by atoms with Gasteiger partial charge in [-0.3, -0.25) is 4.79 Å². The molecule has 0 bridgehead atoms. The van der Waals surface area contributed by atoms with Gasteiger partial charge in [-0.2, -0.15) is 0 Å². The van der Waals surface area contributed by atoms with Gasteiger partial charge in [-0.15, -0.1) is 0 Å². The summed E-state index contributed by atoms with van der Waals surface area (Å²) >= 11 is 0. The Bertz CT molecular complexity index is 525. The molecule has 0 saturated heterocycles. The standard InChI is InChI=1S/C13H18N4O3/c1-13(2,3)20-12(19)15-7-9-11(18)17-8-5-4-6-14-10(8)16-9/h4-6,9H,7H2,1-3H3,(H,14,16)(H,15,19)(H,17,18)/t9-/m0/s1. The zero-order valence-electron chi connectivity index (χ0n) is 11.7. The molecular formula is C13H18N4O3. The van der Waals surface area contributed by atoms with Crippen LogP contribution in [0.5, 0.6) is 0 Å². The van der Waals surface area contributed by atoms with Gasteiger partial charge in [0.2, 0.25) is 5.91 Å². The van der Waals surface area contributed by atoms with Gasteiger partial charge in [0.05, 0.1) is 12.2 Å². The molecule has 0 aromatic carbocycles. The zero-order valence-corrected chi connectivity index (χ0v) is 11.7. The van der Waals surface area contributed by atoms with Gasteiger partial charge in [0.1, 0.15) is 17.5 Å². The lowest BCUT2D eigenvalue weighted by molar-refractivity contribution is -0.117. The van der Waals surface area contributed by atoms with Crippen molar-refractivity contribution in [2.45, 2.75) is 32.4 Å². The van der Waals surface area contributed by atoms with E-state index in [1.807, 2.05) is 0 Å². The van der Waals surface area contributed by atoms with Gasteiger partial charge in [-0.25, -0.2) is 9.78 Å². The number of hydrogen-bond acceptors (Lipinski definition) is 5. The van der Waals surface area contributed by atoms with Crippen LogP contribution in [0.4, 0.5) is 16.3 Å². The van der Waals surface area contributed by atoms with E-state index in [0.29, 0.717) is 11.5 Å². The Balaban J connectivity index is 1.92. The molecule has 1 aromatic rings. The Morgan fingerprint density at radius 2 is 2.25 bits per heavy atom. The minimum atomic E-state index is -0.579. The summed E-state index contributed by atoms with van der Waals surface area (Å²) in [6, 6.07) is 2.91. The first-order valence-corrected chi connectivity index (χ1v) is 6.34. The van der Waals surface area contributed by atoms with E-state index in [1.54, 1.807) is 39.1 Å². The summed E-state index contributed by atoms with van der Waals surface area (Å²) in [6.07, 6.45) is 1.07. The molecule has 3 N–H and O–H groups in total. The van der Waals surface area contributed by atoms with E-state index in [2.05, 4.69) is 20.9 Å². The van der Waals surface area contributed by atoms with Crippen molar-refractivity contribution in [3.63, 3.8) is 0 Å². The summed E-state index contributed by atoms with van der Waals surface area (Å²) in [5.74, 6) is 0.365. The number of rotatable bonds is 2. The first kappa shape index (κ1) is 14.1. The van der Waals surface area contributed by atoms with Gasteiger partial charge in [0.15, 0.2) is 0 Å². The largest absolute Gasteiger partial charge is 0.444 e. The minimum absolute atomic E-state index is 0.122. The number of alkyl carbamates (subject to hydrolysis) is 1. The van der Waals surface area contributed by atoms with Crippen LogP contribution in [0, 0.1) is 0 Å². The molecule has 20 heavy (non-hydrogen) atoms. The number of carbonyl (C=O) groups excluding carboxylic acids is 2. The van der Waals surface area contributed by atoms with E-state index >= 15 is 0 Å². The number of nitrogens with one attached hydrogen (secondary N) is 3. The number of pyridine rings is 1. The lowest BCUT2D eigenvalue weighted by atomic mass is 10.2. The van der Waals surface area contributed by atoms with Crippen LogP contribution in [0.3, 0.4) is 0 Å². The van der Waals surface area contributed by atoms with Crippen molar-refractivity contribution in [3.05, 3.63) is 18.3 Å². The van der Waals surface area contributed by atoms with E-state index in [0.717, 1.165) is 0 Å². The van der Waals surface area contributed by atoms with Crippen LogP contribution in [0.15, 0.2) is 18.3 Å². The summed E-state index contributed by atoms with van der Waals surface area (Å²) in [4.78, 5) is 27.5. The van der Waals surface area contributed by atoms with Crippen LogP contribution in [0.2, 0.25) is 0 Å². The molecule has 1 atom stereocenters. The number of hydrogen-bond donors (Lipinski definition) is 3. The molecule has 108 valence electrons. The maximum absolute atomic E-state index is 11.9. The highest BCUT2D eigenvalue weighted by Crippen LogP contribution is 2.22. The number of nitrogens with zero attached hydrogens (tertiary/aromatic N) is 1. The molecule has 0 spiro atoms. The minimum Gasteiger partial charge on any atom is -0.444 e. The smallest absolute Gasteiger partial charge is 0.407 e. The van der Waals surface area contributed by atoms with Crippen molar-refractivity contribution >= 4 is 23.5 Å². The fourth-order valence-electron chi connectivity index (χ4n) is 1.71. The highest BCUT2D eigenvalue weighted by atomic mass is 16.6. The predicted molar refractivity (Wildman–Crippen MR) is 74.5 cm³/mol. The maximum Gasteiger partial charge on any atom is 0.407 e. The quantitative estimate of drug-likeness (QED) is 0.759. The second-order valence-electron chi connectivity index (χ2n) is 5.47. The highest BCUT2D eigenvalue weighted by Gasteiger charge is 2.27. The number of fused-ring (bicyclic) bond motifs is 1. The Labute approximate surface area is 117 Å². The molecule has 7 nitrogen and oxygen atoms in total. The molecule has 7 heteroatoms. The second-order valence-corrected chi connectivity index (χ2v) is 5.47. The monoisotopic (exact) mass is 278 g/mol. The van der Waals surface area contributed by atoms with Gasteiger partial charge < -0.3 is 20.7 Å². The third-order valence-corrected chi connectivity index (χ3v) is 2.54. The van der Waals surface area contributed by atoms with Gasteiger partial charge in [-0.1, -0.05) is 0 Å². The molecule has 2 amide bonds. The fourth-order valence-corrected chi connectivity index (χ4v) is 1.71. The fraction of sp³-hybridized carbons (Fsp3) is 0.462. The van der Waals surface area contributed by atoms with E-state index in [-0.39, 0.29) is 12.5 Å². The highest BCUT2D eigenvalue weighted by molar-refractivity contribution is 6.02. The molecule has 2 heterocycles. The third kappa shape index (κ3) is 3.59. The molecule has 0 unspecified atom stereocenters. The summed E-state index contributed by atoms with van der Waals surface area (Å²) in [7, 11) is 0. The van der Waals surface area contributed by atoms with Gasteiger partial charge in [0.25, 0.3) is 0 Å². The topological polar surface area (TPSA) is 92.3 Å². The van der Waals surface area contributed by atoms with Crippen LogP contribution in [0.1, 0.15) is 20.8 Å². The molecule has 1 aliphatic heterocycles. The molecule has 0 radical (unpaired) electrons. The molecule has 0 aliphatic carbocycles. The number of aromatic nitrogens is 1. The third-order valence-electron chi connectivity index (χ3n) is 2.54. The normalized spacial score (nSPS) is 17.6. The van der Waals surface area contributed by atoms with E-state index in [1.165, 1.54) is 0 Å². The summed E-state index contributed by atoms with van der Waals surface area (Å²) in [5.41, 5.74) is 0.0616. The van der Waals surface area contributed by atoms with E-state index < -0.39 is 17.7 Å². The first-order valence-electron chi connectivity index (χ1n) is 6.34. The molecule has 1 aliphatic rings. The number of amides is 2. The van der Waals surface area contributed by atoms with Crippen molar-refractivity contribution in [2.75, 3.05) is 17.2 Å². The predicted octanol–water partition coefficient (Wildman–Crippen LogP) is 1.34. The molecule has 0 fully saturated rings. The molecule has 0 saturated carbocycles. The number of carbonyl (C=O) groups is 2. The Hall–Kier alpha value is -2.31. The van der Waals surface area contributed by atoms with Gasteiger partial charge in [0, 0.05) is 6.20 Å². The van der Waals surface area contributed by atoms with Crippen molar-refractivity contribution in [2.24, 2.45) is 0 Å². The Morgan fingerprint density at radius 1 is 1.50 bits per heavy atom. The van der Waals surface area contributed by atoms with Gasteiger partial charge in [-0.05, 0) is 32.9 Å². The average molecular weight is 278 g/mol. The average Bonchev–Trinajstić information content (AvgIpc) is 2.34. The number of ether oxygens (including phenoxy) is 1. The maximum atomic E-state index is 11.9. The molecular weight excluding hydrogens is 260 g/mol. The van der Waals surface area contributed by atoms with Crippen molar-refractivity contribution < 1.29 is 14.3 Å². The number of anilines is 2.